The van der Waals surface area contributed by atoms with Crippen molar-refractivity contribution >= 4 is 28.5 Å². The van der Waals surface area contributed by atoms with Crippen molar-refractivity contribution in [1.82, 2.24) is 0 Å². The number of alkyl halides is 3. The minimum Gasteiger partial charge on any atom is -0.405 e. The molecule has 0 aliphatic heterocycles. The first kappa shape index (κ1) is 12.1. The molecule has 0 saturated carbocycles. The van der Waals surface area contributed by atoms with E-state index in [9.17, 15) is 18.0 Å². The Balaban J connectivity index is 3.10. The molecular formula is C8H5F3INO2. The van der Waals surface area contributed by atoms with Gasteiger partial charge < -0.3 is 10.5 Å². The molecule has 0 spiro atoms. The van der Waals surface area contributed by atoms with Gasteiger partial charge in [0.1, 0.15) is 5.75 Å². The molecule has 0 saturated heterocycles. The lowest BCUT2D eigenvalue weighted by atomic mass is 10.2. The lowest BCUT2D eigenvalue weighted by Crippen LogP contribution is -2.19. The van der Waals surface area contributed by atoms with E-state index in [0.717, 1.165) is 6.07 Å². The molecule has 0 atom stereocenters. The largest absolute Gasteiger partial charge is 0.573 e. The third-order valence-corrected chi connectivity index (χ3v) is 2.57. The fourth-order valence-corrected chi connectivity index (χ4v) is 1.64. The number of primary amides is 1. The Bertz CT molecular complexity index is 392. The number of carbonyl (C=O) groups is 1. The average Bonchev–Trinajstić information content (AvgIpc) is 2.05. The zero-order valence-electron chi connectivity index (χ0n) is 7.14. The lowest BCUT2D eigenvalue weighted by Gasteiger charge is -2.11. The summed E-state index contributed by atoms with van der Waals surface area (Å²) in [4.78, 5) is 10.8. The Morgan fingerprint density at radius 1 is 1.40 bits per heavy atom. The second kappa shape index (κ2) is 4.25. The quantitative estimate of drug-likeness (QED) is 0.846. The summed E-state index contributed by atoms with van der Waals surface area (Å²) >= 11 is 1.57. The lowest BCUT2D eigenvalue weighted by molar-refractivity contribution is -0.275. The Morgan fingerprint density at radius 3 is 2.47 bits per heavy atom. The first-order chi connectivity index (χ1) is 6.81. The zero-order chi connectivity index (χ0) is 11.6. The molecule has 1 aromatic rings. The number of rotatable bonds is 2. The molecule has 0 aromatic heterocycles. The summed E-state index contributed by atoms with van der Waals surface area (Å²) in [5, 5.41) is 0. The van der Waals surface area contributed by atoms with E-state index in [4.69, 9.17) is 5.73 Å². The number of nitrogens with two attached hydrogens (primary N) is 1. The standard InChI is InChI=1S/C8H5F3INO2/c9-8(10,11)15-5-3-1-2-4(6(5)12)7(13)14/h1-3H,(H2,13,14). The fraction of sp³-hybridized carbons (Fsp3) is 0.125. The van der Waals surface area contributed by atoms with Crippen LogP contribution in [0.5, 0.6) is 5.75 Å². The van der Waals surface area contributed by atoms with Gasteiger partial charge in [0.2, 0.25) is 5.91 Å². The van der Waals surface area contributed by atoms with E-state index in [2.05, 4.69) is 4.74 Å². The predicted molar refractivity (Wildman–Crippen MR) is 54.4 cm³/mol. The van der Waals surface area contributed by atoms with E-state index < -0.39 is 18.0 Å². The molecule has 2 N–H and O–H groups in total. The van der Waals surface area contributed by atoms with Crippen molar-refractivity contribution in [3.63, 3.8) is 0 Å². The van der Waals surface area contributed by atoms with Gasteiger partial charge in [-0.05, 0) is 34.7 Å². The highest BCUT2D eigenvalue weighted by Crippen LogP contribution is 2.29. The van der Waals surface area contributed by atoms with E-state index in [-0.39, 0.29) is 9.13 Å². The Hall–Kier alpha value is -0.990. The van der Waals surface area contributed by atoms with Crippen LogP contribution in [0.25, 0.3) is 0 Å². The molecule has 15 heavy (non-hydrogen) atoms. The number of amides is 1. The molecule has 0 radical (unpaired) electrons. The van der Waals surface area contributed by atoms with E-state index in [1.807, 2.05) is 0 Å². The first-order valence-electron chi connectivity index (χ1n) is 3.65. The summed E-state index contributed by atoms with van der Waals surface area (Å²) in [6.07, 6.45) is -4.78. The first-order valence-corrected chi connectivity index (χ1v) is 4.73. The van der Waals surface area contributed by atoms with Crippen molar-refractivity contribution in [3.8, 4) is 5.75 Å². The summed E-state index contributed by atoms with van der Waals surface area (Å²) in [6.45, 7) is 0. The SMILES string of the molecule is NC(=O)c1cccc(OC(F)(F)F)c1I. The van der Waals surface area contributed by atoms with Gasteiger partial charge in [-0.25, -0.2) is 0 Å². The Labute approximate surface area is 96.5 Å². The molecular weight excluding hydrogens is 326 g/mol. The van der Waals surface area contributed by atoms with Gasteiger partial charge in [-0.1, -0.05) is 6.07 Å². The van der Waals surface area contributed by atoms with Crippen LogP contribution in [0.15, 0.2) is 18.2 Å². The van der Waals surface area contributed by atoms with Crippen LogP contribution in [-0.2, 0) is 0 Å². The van der Waals surface area contributed by atoms with Crippen LogP contribution in [0.2, 0.25) is 0 Å². The number of hydrogen-bond acceptors (Lipinski definition) is 2. The number of ether oxygens (including phenoxy) is 1. The predicted octanol–water partition coefficient (Wildman–Crippen LogP) is 2.29. The summed E-state index contributed by atoms with van der Waals surface area (Å²) in [5.74, 6) is -1.23. The Morgan fingerprint density at radius 2 is 2.00 bits per heavy atom. The summed E-state index contributed by atoms with van der Waals surface area (Å²) in [7, 11) is 0. The maximum atomic E-state index is 11.9. The van der Waals surface area contributed by atoms with E-state index in [1.165, 1.54) is 12.1 Å². The number of hydrogen-bond donors (Lipinski definition) is 1. The Kier molecular flexibility index (Phi) is 3.42. The number of benzene rings is 1. The van der Waals surface area contributed by atoms with E-state index >= 15 is 0 Å². The third-order valence-electron chi connectivity index (χ3n) is 1.45. The maximum Gasteiger partial charge on any atom is 0.573 e. The van der Waals surface area contributed by atoms with Gasteiger partial charge in [0.25, 0.3) is 0 Å². The van der Waals surface area contributed by atoms with Gasteiger partial charge >= 0.3 is 6.36 Å². The van der Waals surface area contributed by atoms with Crippen LogP contribution in [0.4, 0.5) is 13.2 Å². The van der Waals surface area contributed by atoms with Gasteiger partial charge in [-0.3, -0.25) is 4.79 Å². The number of carbonyl (C=O) groups excluding carboxylic acids is 1. The zero-order valence-corrected chi connectivity index (χ0v) is 9.30. The molecule has 0 unspecified atom stereocenters. The monoisotopic (exact) mass is 331 g/mol. The second-order valence-corrected chi connectivity index (χ2v) is 3.61. The molecule has 3 nitrogen and oxygen atoms in total. The smallest absolute Gasteiger partial charge is 0.405 e. The van der Waals surface area contributed by atoms with Crippen molar-refractivity contribution in [2.75, 3.05) is 0 Å². The summed E-state index contributed by atoms with van der Waals surface area (Å²) in [5.41, 5.74) is 4.96. The fourth-order valence-electron chi connectivity index (χ4n) is 0.905. The van der Waals surface area contributed by atoms with Crippen LogP contribution in [-0.4, -0.2) is 12.3 Å². The van der Waals surface area contributed by atoms with Crippen molar-refractivity contribution in [3.05, 3.63) is 27.3 Å². The van der Waals surface area contributed by atoms with Crippen LogP contribution in [0.1, 0.15) is 10.4 Å². The maximum absolute atomic E-state index is 11.9. The van der Waals surface area contributed by atoms with Crippen molar-refractivity contribution in [2.24, 2.45) is 5.73 Å². The molecule has 82 valence electrons. The minimum absolute atomic E-state index is 0.00245. The van der Waals surface area contributed by atoms with Gasteiger partial charge in [0, 0.05) is 0 Å². The molecule has 7 heteroatoms. The highest BCUT2D eigenvalue weighted by molar-refractivity contribution is 14.1. The van der Waals surface area contributed by atoms with Crippen LogP contribution < -0.4 is 10.5 Å². The van der Waals surface area contributed by atoms with E-state index in [1.54, 1.807) is 22.6 Å². The molecule has 0 aliphatic carbocycles. The van der Waals surface area contributed by atoms with Crippen molar-refractivity contribution in [1.29, 1.82) is 0 Å². The average molecular weight is 331 g/mol. The molecule has 0 fully saturated rings. The summed E-state index contributed by atoms with van der Waals surface area (Å²) in [6, 6.07) is 3.71. The van der Waals surface area contributed by atoms with Crippen LogP contribution in [0, 0.1) is 3.57 Å². The third kappa shape index (κ3) is 3.26. The molecule has 0 bridgehead atoms. The van der Waals surface area contributed by atoms with Gasteiger partial charge in [-0.15, -0.1) is 13.2 Å². The summed E-state index contributed by atoms with van der Waals surface area (Å²) < 4.78 is 39.5. The van der Waals surface area contributed by atoms with Gasteiger partial charge in [-0.2, -0.15) is 0 Å². The van der Waals surface area contributed by atoms with E-state index in [0.29, 0.717) is 0 Å². The second-order valence-electron chi connectivity index (χ2n) is 2.53. The van der Waals surface area contributed by atoms with Crippen LogP contribution >= 0.6 is 22.6 Å². The highest BCUT2D eigenvalue weighted by atomic mass is 127. The van der Waals surface area contributed by atoms with Crippen molar-refractivity contribution < 1.29 is 22.7 Å². The normalized spacial score (nSPS) is 11.2. The molecule has 1 aromatic carbocycles. The number of halogens is 4. The van der Waals surface area contributed by atoms with Crippen molar-refractivity contribution in [2.45, 2.75) is 6.36 Å². The topological polar surface area (TPSA) is 52.3 Å². The molecule has 1 rings (SSSR count). The van der Waals surface area contributed by atoms with Gasteiger partial charge in [0.05, 0.1) is 9.13 Å². The molecule has 1 amide bonds. The minimum atomic E-state index is -4.78. The van der Waals surface area contributed by atoms with Gasteiger partial charge in [0.15, 0.2) is 0 Å². The molecule has 0 heterocycles. The van der Waals surface area contributed by atoms with Crippen LogP contribution in [0.3, 0.4) is 0 Å². The molecule has 0 aliphatic rings. The highest BCUT2D eigenvalue weighted by Gasteiger charge is 2.32.